The van der Waals surface area contributed by atoms with Gasteiger partial charge in [-0.2, -0.15) is 0 Å². The maximum Gasteiger partial charge on any atom is 0.118 e. The number of ether oxygens (including phenoxy) is 1. The van der Waals surface area contributed by atoms with Crippen LogP contribution in [0.25, 0.3) is 0 Å². The van der Waals surface area contributed by atoms with E-state index in [0.717, 1.165) is 31.6 Å². The van der Waals surface area contributed by atoms with Crippen molar-refractivity contribution in [3.8, 4) is 5.75 Å². The van der Waals surface area contributed by atoms with Crippen LogP contribution in [0.5, 0.6) is 5.75 Å². The Morgan fingerprint density at radius 3 is 2.78 bits per heavy atom. The van der Waals surface area contributed by atoms with E-state index in [4.69, 9.17) is 4.74 Å². The Hall–Kier alpha value is -1.06. The first-order valence-corrected chi connectivity index (χ1v) is 6.81. The number of hydrogen-bond donors (Lipinski definition) is 1. The number of nitrogens with zero attached hydrogens (tertiary/aromatic N) is 1. The Labute approximate surface area is 108 Å². The Morgan fingerprint density at radius 2 is 2.11 bits per heavy atom. The molecule has 0 spiro atoms. The normalized spacial score (nSPS) is 31.6. The van der Waals surface area contributed by atoms with E-state index >= 15 is 0 Å². The molecular weight excluding hydrogens is 226 g/mol. The highest BCUT2D eigenvalue weighted by Crippen LogP contribution is 2.48. The molecule has 0 saturated carbocycles. The van der Waals surface area contributed by atoms with E-state index < -0.39 is 0 Å². The lowest BCUT2D eigenvalue weighted by Crippen LogP contribution is -2.42. The summed E-state index contributed by atoms with van der Waals surface area (Å²) in [5.41, 5.74) is 1.43. The fourth-order valence-electron chi connectivity index (χ4n) is 3.70. The van der Waals surface area contributed by atoms with Gasteiger partial charge >= 0.3 is 0 Å². The van der Waals surface area contributed by atoms with Crippen LogP contribution in [-0.2, 0) is 0 Å². The van der Waals surface area contributed by atoms with E-state index in [1.54, 1.807) is 7.11 Å². The van der Waals surface area contributed by atoms with Gasteiger partial charge in [-0.1, -0.05) is 12.1 Å². The number of benzene rings is 1. The fourth-order valence-corrected chi connectivity index (χ4v) is 3.70. The zero-order valence-electron chi connectivity index (χ0n) is 10.9. The summed E-state index contributed by atoms with van der Waals surface area (Å²) in [6.07, 6.45) is 4.65. The highest BCUT2D eigenvalue weighted by Gasteiger charge is 2.48. The van der Waals surface area contributed by atoms with Crippen LogP contribution in [0.3, 0.4) is 0 Å². The number of fused-ring (bicyclic) bond motifs is 1. The number of rotatable bonds is 3. The summed E-state index contributed by atoms with van der Waals surface area (Å²) in [4.78, 5) is 2.52. The molecule has 0 aliphatic carbocycles. The van der Waals surface area contributed by atoms with Gasteiger partial charge in [0.25, 0.3) is 0 Å². The summed E-state index contributed by atoms with van der Waals surface area (Å²) >= 11 is 0. The van der Waals surface area contributed by atoms with Crippen molar-refractivity contribution in [2.24, 2.45) is 0 Å². The van der Waals surface area contributed by atoms with Crippen LogP contribution >= 0.6 is 0 Å². The number of methoxy groups -OCH3 is 1. The van der Waals surface area contributed by atoms with Crippen molar-refractivity contribution in [2.75, 3.05) is 20.3 Å². The minimum atomic E-state index is 0.0740. The second kappa shape index (κ2) is 4.56. The van der Waals surface area contributed by atoms with Gasteiger partial charge in [0, 0.05) is 11.6 Å². The Balaban J connectivity index is 1.84. The third-order valence-corrected chi connectivity index (χ3v) is 4.70. The van der Waals surface area contributed by atoms with Gasteiger partial charge in [0.15, 0.2) is 0 Å². The van der Waals surface area contributed by atoms with Gasteiger partial charge in [-0.05, 0) is 49.9 Å². The molecule has 2 saturated heterocycles. The van der Waals surface area contributed by atoms with E-state index in [0.29, 0.717) is 12.6 Å². The molecule has 0 aromatic heterocycles. The Bertz CT molecular complexity index is 417. The van der Waals surface area contributed by atoms with Crippen molar-refractivity contribution < 1.29 is 9.84 Å². The van der Waals surface area contributed by atoms with Gasteiger partial charge in [-0.15, -0.1) is 0 Å². The first-order valence-electron chi connectivity index (χ1n) is 6.81. The molecule has 2 aliphatic rings. The van der Waals surface area contributed by atoms with Crippen LogP contribution in [-0.4, -0.2) is 35.8 Å². The summed E-state index contributed by atoms with van der Waals surface area (Å²) < 4.78 is 5.21. The highest BCUT2D eigenvalue weighted by molar-refractivity contribution is 5.30. The lowest BCUT2D eigenvalue weighted by atomic mass is 9.95. The zero-order chi connectivity index (χ0) is 12.6. The van der Waals surface area contributed by atoms with E-state index in [1.165, 1.54) is 12.0 Å². The lowest BCUT2D eigenvalue weighted by molar-refractivity contribution is 0.0776. The summed E-state index contributed by atoms with van der Waals surface area (Å²) in [6.45, 7) is 1.43. The van der Waals surface area contributed by atoms with Crippen LogP contribution in [0, 0.1) is 0 Å². The molecule has 0 bridgehead atoms. The first kappa shape index (κ1) is 12.0. The average molecular weight is 247 g/mol. The van der Waals surface area contributed by atoms with E-state index in [2.05, 4.69) is 17.0 Å². The SMILES string of the molecule is COc1ccc(C2CCC3(CO)CCCN23)cc1. The molecule has 2 heterocycles. The van der Waals surface area contributed by atoms with E-state index in [-0.39, 0.29) is 5.54 Å². The third kappa shape index (κ3) is 1.73. The quantitative estimate of drug-likeness (QED) is 0.890. The molecule has 1 N–H and O–H groups in total. The summed E-state index contributed by atoms with van der Waals surface area (Å²) in [5.74, 6) is 0.909. The van der Waals surface area contributed by atoms with Gasteiger partial charge in [0.05, 0.1) is 13.7 Å². The minimum Gasteiger partial charge on any atom is -0.497 e. The molecule has 3 nitrogen and oxygen atoms in total. The van der Waals surface area contributed by atoms with Crippen molar-refractivity contribution in [1.29, 1.82) is 0 Å². The maximum absolute atomic E-state index is 9.71. The predicted octanol–water partition coefficient (Wildman–Crippen LogP) is 2.36. The molecule has 18 heavy (non-hydrogen) atoms. The number of aliphatic hydroxyl groups excluding tert-OH is 1. The third-order valence-electron chi connectivity index (χ3n) is 4.70. The Morgan fingerprint density at radius 1 is 1.33 bits per heavy atom. The molecule has 0 amide bonds. The summed E-state index contributed by atoms with van der Waals surface area (Å²) in [7, 11) is 1.70. The maximum atomic E-state index is 9.71. The molecule has 2 aliphatic heterocycles. The second-order valence-electron chi connectivity index (χ2n) is 5.51. The molecule has 2 atom stereocenters. The van der Waals surface area contributed by atoms with Crippen LogP contribution in [0.2, 0.25) is 0 Å². The lowest BCUT2D eigenvalue weighted by Gasteiger charge is -2.33. The van der Waals surface area contributed by atoms with Gasteiger partial charge in [-0.25, -0.2) is 0 Å². The number of hydrogen-bond acceptors (Lipinski definition) is 3. The van der Waals surface area contributed by atoms with Crippen LogP contribution < -0.4 is 4.74 Å². The van der Waals surface area contributed by atoms with Gasteiger partial charge in [0.1, 0.15) is 5.75 Å². The van der Waals surface area contributed by atoms with Crippen molar-refractivity contribution in [3.63, 3.8) is 0 Å². The summed E-state index contributed by atoms with van der Waals surface area (Å²) in [5, 5.41) is 9.71. The van der Waals surface area contributed by atoms with Gasteiger partial charge in [-0.3, -0.25) is 4.90 Å². The van der Waals surface area contributed by atoms with Crippen LogP contribution in [0.4, 0.5) is 0 Å². The molecule has 3 heteroatoms. The van der Waals surface area contributed by atoms with Crippen LogP contribution in [0.1, 0.15) is 37.3 Å². The van der Waals surface area contributed by atoms with E-state index in [9.17, 15) is 5.11 Å². The predicted molar refractivity (Wildman–Crippen MR) is 70.7 cm³/mol. The first-order chi connectivity index (χ1) is 8.79. The topological polar surface area (TPSA) is 32.7 Å². The molecule has 0 radical (unpaired) electrons. The fraction of sp³-hybridized carbons (Fsp3) is 0.600. The molecule has 1 aromatic rings. The molecule has 3 rings (SSSR count). The second-order valence-corrected chi connectivity index (χ2v) is 5.51. The molecular formula is C15H21NO2. The standard InChI is InChI=1S/C15H21NO2/c1-18-13-5-3-12(4-6-13)14-7-9-15(11-17)8-2-10-16(14)15/h3-6,14,17H,2,7-11H2,1H3. The average Bonchev–Trinajstić information content (AvgIpc) is 2.97. The number of aliphatic hydroxyl groups is 1. The molecule has 1 aromatic carbocycles. The Kier molecular flexibility index (Phi) is 3.04. The molecule has 2 fully saturated rings. The zero-order valence-corrected chi connectivity index (χ0v) is 10.9. The molecule has 98 valence electrons. The highest BCUT2D eigenvalue weighted by atomic mass is 16.5. The van der Waals surface area contributed by atoms with E-state index in [1.807, 2.05) is 12.1 Å². The van der Waals surface area contributed by atoms with Crippen molar-refractivity contribution in [1.82, 2.24) is 4.90 Å². The largest absolute Gasteiger partial charge is 0.497 e. The monoisotopic (exact) mass is 247 g/mol. The molecule has 2 unspecified atom stereocenters. The minimum absolute atomic E-state index is 0.0740. The van der Waals surface area contributed by atoms with Gasteiger partial charge in [0.2, 0.25) is 0 Å². The van der Waals surface area contributed by atoms with Crippen molar-refractivity contribution >= 4 is 0 Å². The van der Waals surface area contributed by atoms with Crippen molar-refractivity contribution in [3.05, 3.63) is 29.8 Å². The summed E-state index contributed by atoms with van der Waals surface area (Å²) in [6, 6.07) is 8.87. The van der Waals surface area contributed by atoms with Gasteiger partial charge < -0.3 is 9.84 Å². The van der Waals surface area contributed by atoms with Crippen LogP contribution in [0.15, 0.2) is 24.3 Å². The van der Waals surface area contributed by atoms with Crippen molar-refractivity contribution in [2.45, 2.75) is 37.3 Å². The smallest absolute Gasteiger partial charge is 0.118 e.